The van der Waals surface area contributed by atoms with Gasteiger partial charge in [0.2, 0.25) is 5.91 Å². The van der Waals surface area contributed by atoms with E-state index < -0.39 is 0 Å². The van der Waals surface area contributed by atoms with Crippen LogP contribution in [0.15, 0.2) is 46.1 Å². The number of guanidine groups is 1. The molecule has 0 saturated carbocycles. The zero-order valence-electron chi connectivity index (χ0n) is 13.5. The van der Waals surface area contributed by atoms with Gasteiger partial charge in [-0.25, -0.2) is 4.39 Å². The number of benzene rings is 1. The first-order valence-corrected chi connectivity index (χ1v) is 8.58. The van der Waals surface area contributed by atoms with Gasteiger partial charge in [0.25, 0.3) is 0 Å². The first kappa shape index (κ1) is 17.9. The highest BCUT2D eigenvalue weighted by Gasteiger charge is 2.03. The van der Waals surface area contributed by atoms with Gasteiger partial charge in [-0.15, -0.1) is 0 Å². The van der Waals surface area contributed by atoms with Gasteiger partial charge in [0.05, 0.1) is 6.42 Å². The van der Waals surface area contributed by atoms with Gasteiger partial charge in [0.1, 0.15) is 5.82 Å². The smallest absolute Gasteiger partial charge is 0.224 e. The van der Waals surface area contributed by atoms with Crippen LogP contribution in [0.3, 0.4) is 0 Å². The topological polar surface area (TPSA) is 65.5 Å². The lowest BCUT2D eigenvalue weighted by molar-refractivity contribution is -0.120. The minimum Gasteiger partial charge on any atom is -0.355 e. The van der Waals surface area contributed by atoms with Crippen molar-refractivity contribution in [2.45, 2.75) is 13.0 Å². The van der Waals surface area contributed by atoms with E-state index in [1.54, 1.807) is 30.5 Å². The molecule has 1 aromatic heterocycles. The fourth-order valence-electron chi connectivity index (χ4n) is 2.03. The molecule has 0 aliphatic heterocycles. The molecule has 128 valence electrons. The Bertz CT molecular complexity index is 656. The van der Waals surface area contributed by atoms with Crippen LogP contribution in [0.4, 0.5) is 4.39 Å². The SMILES string of the molecule is CN=C(NCCNC(=O)Cc1ccc(F)cc1)NCc1ccsc1. The van der Waals surface area contributed by atoms with E-state index in [1.165, 1.54) is 17.7 Å². The van der Waals surface area contributed by atoms with Crippen molar-refractivity contribution < 1.29 is 9.18 Å². The van der Waals surface area contributed by atoms with Gasteiger partial charge in [0, 0.05) is 26.7 Å². The minimum atomic E-state index is -0.301. The van der Waals surface area contributed by atoms with Crippen LogP contribution >= 0.6 is 11.3 Å². The highest BCUT2D eigenvalue weighted by Crippen LogP contribution is 2.04. The summed E-state index contributed by atoms with van der Waals surface area (Å²) in [6, 6.07) is 7.99. The van der Waals surface area contributed by atoms with Crippen LogP contribution in [0.1, 0.15) is 11.1 Å². The Morgan fingerprint density at radius 1 is 1.08 bits per heavy atom. The average Bonchev–Trinajstić information content (AvgIpc) is 3.10. The van der Waals surface area contributed by atoms with Crippen LogP contribution in [-0.4, -0.2) is 32.0 Å². The Kier molecular flexibility index (Phi) is 7.22. The van der Waals surface area contributed by atoms with Gasteiger partial charge in [-0.1, -0.05) is 12.1 Å². The standard InChI is InChI=1S/C17H21FN4OS/c1-19-17(22-11-14-6-9-24-12-14)21-8-7-20-16(23)10-13-2-4-15(18)5-3-13/h2-6,9,12H,7-8,10-11H2,1H3,(H,20,23)(H2,19,21,22). The van der Waals surface area contributed by atoms with Crippen LogP contribution in [0.25, 0.3) is 0 Å². The second-order valence-electron chi connectivity index (χ2n) is 5.14. The quantitative estimate of drug-likeness (QED) is 0.407. The van der Waals surface area contributed by atoms with E-state index in [2.05, 4.69) is 32.4 Å². The number of aliphatic imine (C=N–C) groups is 1. The van der Waals surface area contributed by atoms with Gasteiger partial charge in [-0.3, -0.25) is 9.79 Å². The van der Waals surface area contributed by atoms with Crippen molar-refractivity contribution >= 4 is 23.2 Å². The van der Waals surface area contributed by atoms with E-state index in [0.29, 0.717) is 25.6 Å². The van der Waals surface area contributed by atoms with Gasteiger partial charge in [-0.2, -0.15) is 11.3 Å². The zero-order valence-corrected chi connectivity index (χ0v) is 14.3. The molecular formula is C17H21FN4OS. The monoisotopic (exact) mass is 348 g/mol. The number of hydrogen-bond acceptors (Lipinski definition) is 3. The fourth-order valence-corrected chi connectivity index (χ4v) is 2.70. The Hall–Kier alpha value is -2.41. The maximum absolute atomic E-state index is 12.8. The number of nitrogens with one attached hydrogen (secondary N) is 3. The molecule has 0 aliphatic carbocycles. The predicted molar refractivity (Wildman–Crippen MR) is 95.6 cm³/mol. The van der Waals surface area contributed by atoms with Crippen LogP contribution in [0.5, 0.6) is 0 Å². The largest absolute Gasteiger partial charge is 0.355 e. The number of carbonyl (C=O) groups is 1. The second kappa shape index (κ2) is 9.67. The van der Waals surface area contributed by atoms with Crippen LogP contribution < -0.4 is 16.0 Å². The summed E-state index contributed by atoms with van der Waals surface area (Å²) in [5.41, 5.74) is 1.99. The number of thiophene rings is 1. The molecule has 0 atom stereocenters. The van der Waals surface area contributed by atoms with Crippen molar-refractivity contribution in [3.63, 3.8) is 0 Å². The Balaban J connectivity index is 1.62. The van der Waals surface area contributed by atoms with Crippen LogP contribution in [0.2, 0.25) is 0 Å². The summed E-state index contributed by atoms with van der Waals surface area (Å²) in [7, 11) is 1.70. The van der Waals surface area contributed by atoms with Crippen molar-refractivity contribution in [3.8, 4) is 0 Å². The maximum atomic E-state index is 12.8. The van der Waals surface area contributed by atoms with Gasteiger partial charge >= 0.3 is 0 Å². The molecule has 7 heteroatoms. The molecule has 0 saturated heterocycles. The third-order valence-electron chi connectivity index (χ3n) is 3.28. The van der Waals surface area contributed by atoms with E-state index >= 15 is 0 Å². The molecule has 3 N–H and O–H groups in total. The van der Waals surface area contributed by atoms with E-state index in [0.717, 1.165) is 5.56 Å². The lowest BCUT2D eigenvalue weighted by atomic mass is 10.1. The summed E-state index contributed by atoms with van der Waals surface area (Å²) in [4.78, 5) is 15.9. The molecule has 0 bridgehead atoms. The zero-order chi connectivity index (χ0) is 17.2. The van der Waals surface area contributed by atoms with Gasteiger partial charge < -0.3 is 16.0 Å². The highest BCUT2D eigenvalue weighted by atomic mass is 32.1. The number of carbonyl (C=O) groups excluding carboxylic acids is 1. The molecular weight excluding hydrogens is 327 g/mol. The molecule has 2 aromatic rings. The molecule has 0 unspecified atom stereocenters. The summed E-state index contributed by atoms with van der Waals surface area (Å²) in [6.45, 7) is 1.76. The molecule has 0 radical (unpaired) electrons. The molecule has 2 rings (SSSR count). The molecule has 1 aromatic carbocycles. The summed E-state index contributed by atoms with van der Waals surface area (Å²) in [6.07, 6.45) is 0.241. The number of hydrogen-bond donors (Lipinski definition) is 3. The molecule has 5 nitrogen and oxygen atoms in total. The van der Waals surface area contributed by atoms with E-state index in [4.69, 9.17) is 0 Å². The first-order chi connectivity index (χ1) is 11.7. The number of nitrogens with zero attached hydrogens (tertiary/aromatic N) is 1. The van der Waals surface area contributed by atoms with Crippen molar-refractivity contribution in [3.05, 3.63) is 58.0 Å². The highest BCUT2D eigenvalue weighted by molar-refractivity contribution is 7.07. The van der Waals surface area contributed by atoms with Crippen molar-refractivity contribution in [2.24, 2.45) is 4.99 Å². The fraction of sp³-hybridized carbons (Fsp3) is 0.294. The third-order valence-corrected chi connectivity index (χ3v) is 4.01. The molecule has 1 heterocycles. The number of amides is 1. The Labute approximate surface area is 145 Å². The second-order valence-corrected chi connectivity index (χ2v) is 5.92. The first-order valence-electron chi connectivity index (χ1n) is 7.64. The third kappa shape index (κ3) is 6.37. The molecule has 1 amide bonds. The normalized spacial score (nSPS) is 11.2. The maximum Gasteiger partial charge on any atom is 0.224 e. The van der Waals surface area contributed by atoms with Crippen molar-refractivity contribution in [2.75, 3.05) is 20.1 Å². The average molecular weight is 348 g/mol. The predicted octanol–water partition coefficient (Wildman–Crippen LogP) is 1.91. The molecule has 0 fully saturated rings. The molecule has 24 heavy (non-hydrogen) atoms. The summed E-state index contributed by atoms with van der Waals surface area (Å²) < 4.78 is 12.8. The minimum absolute atomic E-state index is 0.0929. The van der Waals surface area contributed by atoms with Crippen molar-refractivity contribution in [1.29, 1.82) is 0 Å². The van der Waals surface area contributed by atoms with Gasteiger partial charge in [0.15, 0.2) is 5.96 Å². The van der Waals surface area contributed by atoms with E-state index in [9.17, 15) is 9.18 Å². The van der Waals surface area contributed by atoms with Crippen LogP contribution in [-0.2, 0) is 17.8 Å². The van der Waals surface area contributed by atoms with E-state index in [-0.39, 0.29) is 18.1 Å². The molecule has 0 spiro atoms. The Morgan fingerprint density at radius 3 is 2.50 bits per heavy atom. The lowest BCUT2D eigenvalue weighted by Gasteiger charge is -2.12. The summed E-state index contributed by atoms with van der Waals surface area (Å²) >= 11 is 1.66. The molecule has 0 aliphatic rings. The number of halogens is 1. The Morgan fingerprint density at radius 2 is 1.83 bits per heavy atom. The number of rotatable bonds is 7. The van der Waals surface area contributed by atoms with Crippen LogP contribution in [0, 0.1) is 5.82 Å². The summed E-state index contributed by atoms with van der Waals surface area (Å²) in [5.74, 6) is 0.295. The van der Waals surface area contributed by atoms with Crippen molar-refractivity contribution in [1.82, 2.24) is 16.0 Å². The van der Waals surface area contributed by atoms with Gasteiger partial charge in [-0.05, 0) is 40.1 Å². The summed E-state index contributed by atoms with van der Waals surface area (Å²) in [5, 5.41) is 13.3. The lowest BCUT2D eigenvalue weighted by Crippen LogP contribution is -2.41. The van der Waals surface area contributed by atoms with E-state index in [1.807, 2.05) is 5.38 Å².